The van der Waals surface area contributed by atoms with E-state index >= 15 is 0 Å². The highest BCUT2D eigenvalue weighted by atomic mass is 35.5. The van der Waals surface area contributed by atoms with Crippen molar-refractivity contribution in [1.82, 2.24) is 0 Å². The number of hydrogen-bond acceptors (Lipinski definition) is 3. The summed E-state index contributed by atoms with van der Waals surface area (Å²) in [7, 11) is 0. The maximum atomic E-state index is 12.7. The molecule has 1 aromatic heterocycles. The van der Waals surface area contributed by atoms with Crippen LogP contribution in [-0.4, -0.2) is 5.91 Å². The molecule has 0 saturated heterocycles. The zero-order valence-corrected chi connectivity index (χ0v) is 13.1. The fourth-order valence-electron chi connectivity index (χ4n) is 2.18. The van der Waals surface area contributed by atoms with Crippen molar-refractivity contribution in [2.45, 2.75) is 6.18 Å². The molecular weight excluding hydrogens is 359 g/mol. The fraction of sp³-hybridized carbons (Fsp3) is 0.0588. The van der Waals surface area contributed by atoms with E-state index in [9.17, 15) is 22.8 Å². The number of nitrogens with one attached hydrogen (secondary N) is 1. The van der Waals surface area contributed by atoms with Crippen molar-refractivity contribution in [2.24, 2.45) is 0 Å². The molecule has 0 atom stereocenters. The lowest BCUT2D eigenvalue weighted by molar-refractivity contribution is -0.152. The van der Waals surface area contributed by atoms with Crippen LogP contribution in [0.5, 0.6) is 0 Å². The highest BCUT2D eigenvalue weighted by molar-refractivity contribution is 6.30. The minimum absolute atomic E-state index is 0.0677. The Bertz CT molecular complexity index is 1010. The van der Waals surface area contributed by atoms with Crippen molar-refractivity contribution < 1.29 is 22.4 Å². The molecular formula is C17H9ClF3NO3. The quantitative estimate of drug-likeness (QED) is 0.713. The van der Waals surface area contributed by atoms with E-state index in [1.165, 1.54) is 30.3 Å². The molecule has 0 saturated carbocycles. The van der Waals surface area contributed by atoms with Gasteiger partial charge in [0.15, 0.2) is 5.43 Å². The zero-order chi connectivity index (χ0) is 18.2. The van der Waals surface area contributed by atoms with E-state index in [2.05, 4.69) is 5.32 Å². The Labute approximate surface area is 143 Å². The topological polar surface area (TPSA) is 59.3 Å². The van der Waals surface area contributed by atoms with E-state index in [1.54, 1.807) is 12.1 Å². The van der Waals surface area contributed by atoms with Crippen molar-refractivity contribution in [2.75, 3.05) is 5.32 Å². The normalized spacial score (nSPS) is 11.5. The summed E-state index contributed by atoms with van der Waals surface area (Å²) in [5.74, 6) is -1.82. The maximum Gasteiger partial charge on any atom is 0.449 e. The molecule has 0 spiro atoms. The van der Waals surface area contributed by atoms with Gasteiger partial charge >= 0.3 is 6.18 Å². The molecule has 1 amide bonds. The second kappa shape index (κ2) is 6.25. The maximum absolute atomic E-state index is 12.7. The van der Waals surface area contributed by atoms with Gasteiger partial charge in [0, 0.05) is 22.3 Å². The number of amides is 1. The Morgan fingerprint density at radius 1 is 1.04 bits per heavy atom. The molecule has 0 fully saturated rings. The molecule has 1 heterocycles. The van der Waals surface area contributed by atoms with Crippen molar-refractivity contribution >= 4 is 34.2 Å². The molecule has 8 heteroatoms. The number of fused-ring (bicyclic) bond motifs is 1. The van der Waals surface area contributed by atoms with Gasteiger partial charge in [-0.15, -0.1) is 0 Å². The minimum atomic E-state index is -4.76. The Hall–Kier alpha value is -2.80. The molecule has 3 aromatic rings. The number of anilines is 1. The lowest BCUT2D eigenvalue weighted by atomic mass is 10.1. The fourth-order valence-corrected chi connectivity index (χ4v) is 2.30. The Balaban J connectivity index is 1.93. The third kappa shape index (κ3) is 3.66. The lowest BCUT2D eigenvalue weighted by Crippen LogP contribution is -2.13. The number of hydrogen-bond donors (Lipinski definition) is 1. The number of alkyl halides is 3. The van der Waals surface area contributed by atoms with Crippen LogP contribution in [0.2, 0.25) is 5.02 Å². The second-order valence-electron chi connectivity index (χ2n) is 5.14. The number of benzene rings is 2. The highest BCUT2D eigenvalue weighted by Gasteiger charge is 2.34. The summed E-state index contributed by atoms with van der Waals surface area (Å²) in [5.41, 5.74) is -0.482. The van der Waals surface area contributed by atoms with Crippen LogP contribution in [0.15, 0.2) is 57.7 Å². The van der Waals surface area contributed by atoms with E-state index in [4.69, 9.17) is 16.0 Å². The summed E-state index contributed by atoms with van der Waals surface area (Å²) in [6.45, 7) is 0. The van der Waals surface area contributed by atoms with Crippen molar-refractivity contribution in [1.29, 1.82) is 0 Å². The average Bonchev–Trinajstić information content (AvgIpc) is 2.55. The Morgan fingerprint density at radius 2 is 1.72 bits per heavy atom. The van der Waals surface area contributed by atoms with Gasteiger partial charge in [0.1, 0.15) is 5.58 Å². The number of carbonyl (C=O) groups is 1. The predicted octanol–water partition coefficient (Wildman–Crippen LogP) is 4.72. The molecule has 4 nitrogen and oxygen atoms in total. The smallest absolute Gasteiger partial charge is 0.449 e. The SMILES string of the molecule is O=C(Nc1ccc2oc(C(F)(F)F)cc(=O)c2c1)c1ccc(Cl)cc1. The number of carbonyl (C=O) groups excluding carboxylic acids is 1. The van der Waals surface area contributed by atoms with Crippen molar-refractivity contribution in [3.05, 3.63) is 75.1 Å². The van der Waals surface area contributed by atoms with Gasteiger partial charge in [0.05, 0.1) is 5.39 Å². The van der Waals surface area contributed by atoms with Gasteiger partial charge in [0.25, 0.3) is 5.91 Å². The molecule has 0 unspecified atom stereocenters. The first kappa shape index (κ1) is 17.0. The van der Waals surface area contributed by atoms with Crippen molar-refractivity contribution in [3.8, 4) is 0 Å². The highest BCUT2D eigenvalue weighted by Crippen LogP contribution is 2.30. The number of rotatable bonds is 2. The van der Waals surface area contributed by atoms with E-state index < -0.39 is 23.3 Å². The molecule has 0 aliphatic rings. The Morgan fingerprint density at radius 3 is 2.36 bits per heavy atom. The monoisotopic (exact) mass is 367 g/mol. The molecule has 25 heavy (non-hydrogen) atoms. The van der Waals surface area contributed by atoms with Crippen molar-refractivity contribution in [3.63, 3.8) is 0 Å². The molecule has 0 aliphatic carbocycles. The standard InChI is InChI=1S/C17H9ClF3NO3/c18-10-3-1-9(2-4-10)16(24)22-11-5-6-14-12(7-11)13(23)8-15(25-14)17(19,20)21/h1-8H,(H,22,24). The lowest BCUT2D eigenvalue weighted by Gasteiger charge is -2.08. The van der Waals surface area contributed by atoms with Gasteiger partial charge in [-0.1, -0.05) is 11.6 Å². The summed E-state index contributed by atoms with van der Waals surface area (Å²) < 4.78 is 42.7. The largest absolute Gasteiger partial charge is 0.451 e. The summed E-state index contributed by atoms with van der Waals surface area (Å²) in [4.78, 5) is 24.0. The second-order valence-corrected chi connectivity index (χ2v) is 5.58. The van der Waals surface area contributed by atoms with E-state index in [1.807, 2.05) is 0 Å². The molecule has 0 bridgehead atoms. The molecule has 0 aliphatic heterocycles. The van der Waals surface area contributed by atoms with E-state index in [-0.39, 0.29) is 16.7 Å². The molecule has 0 radical (unpaired) electrons. The van der Waals surface area contributed by atoms with Gasteiger partial charge in [-0.05, 0) is 42.5 Å². The van der Waals surface area contributed by atoms with Crippen LogP contribution in [0.1, 0.15) is 16.1 Å². The van der Waals surface area contributed by atoms with E-state index in [0.29, 0.717) is 16.7 Å². The third-order valence-corrected chi connectivity index (χ3v) is 3.62. The van der Waals surface area contributed by atoms with Crippen LogP contribution < -0.4 is 10.7 Å². The van der Waals surface area contributed by atoms with Crippen LogP contribution in [0.3, 0.4) is 0 Å². The predicted molar refractivity (Wildman–Crippen MR) is 86.9 cm³/mol. The first-order valence-corrected chi connectivity index (χ1v) is 7.34. The summed E-state index contributed by atoms with van der Waals surface area (Å²) in [6, 6.07) is 10.3. The van der Waals surface area contributed by atoms with Gasteiger partial charge in [-0.2, -0.15) is 13.2 Å². The first-order valence-electron chi connectivity index (χ1n) is 6.96. The molecule has 3 rings (SSSR count). The van der Waals surface area contributed by atoms with Crippen LogP contribution >= 0.6 is 11.6 Å². The summed E-state index contributed by atoms with van der Waals surface area (Å²) >= 11 is 5.75. The van der Waals surface area contributed by atoms with Gasteiger partial charge in [-0.25, -0.2) is 0 Å². The Kier molecular flexibility index (Phi) is 4.26. The molecule has 128 valence electrons. The molecule has 2 aromatic carbocycles. The molecule has 1 N–H and O–H groups in total. The van der Waals surface area contributed by atoms with Crippen LogP contribution in [0.25, 0.3) is 11.0 Å². The van der Waals surface area contributed by atoms with Gasteiger partial charge in [-0.3, -0.25) is 9.59 Å². The minimum Gasteiger partial charge on any atom is -0.451 e. The van der Waals surface area contributed by atoms with Crippen LogP contribution in [-0.2, 0) is 6.18 Å². The average molecular weight is 368 g/mol. The van der Waals surface area contributed by atoms with Crippen LogP contribution in [0.4, 0.5) is 18.9 Å². The van der Waals surface area contributed by atoms with Crippen LogP contribution in [0, 0.1) is 0 Å². The number of halogens is 4. The summed E-state index contributed by atoms with van der Waals surface area (Å²) in [6.07, 6.45) is -4.76. The first-order chi connectivity index (χ1) is 11.7. The third-order valence-electron chi connectivity index (χ3n) is 3.37. The van der Waals surface area contributed by atoms with Gasteiger partial charge in [0.2, 0.25) is 5.76 Å². The zero-order valence-electron chi connectivity index (χ0n) is 12.4. The summed E-state index contributed by atoms with van der Waals surface area (Å²) in [5, 5.41) is 2.96. The van der Waals surface area contributed by atoms with Gasteiger partial charge < -0.3 is 9.73 Å². The van der Waals surface area contributed by atoms with E-state index in [0.717, 1.165) is 0 Å².